The van der Waals surface area contributed by atoms with Crippen LogP contribution < -0.4 is 9.47 Å². The molecule has 5 rings (SSSR count). The normalized spacial score (nSPS) is 37.2. The topological polar surface area (TPSA) is 35.5 Å². The summed E-state index contributed by atoms with van der Waals surface area (Å²) < 4.78 is 12.3. The molecule has 3 nitrogen and oxygen atoms in total. The van der Waals surface area contributed by atoms with Crippen molar-refractivity contribution in [3.8, 4) is 11.5 Å². The summed E-state index contributed by atoms with van der Waals surface area (Å²) >= 11 is 4.37. The molecule has 1 aromatic rings. The molecule has 0 N–H and O–H groups in total. The SMILES string of the molecule is CC(I)(CI)C(=O)Oc1ccc(OC2(C)C3CC4CC(C3)CC2C4)cc1. The highest BCUT2D eigenvalue weighted by molar-refractivity contribution is 14.1. The van der Waals surface area contributed by atoms with E-state index in [0.29, 0.717) is 22.0 Å². The fraction of sp³-hybridized carbons (Fsp3) is 0.667. The van der Waals surface area contributed by atoms with Crippen molar-refractivity contribution in [3.63, 3.8) is 0 Å². The van der Waals surface area contributed by atoms with Crippen molar-refractivity contribution in [1.29, 1.82) is 0 Å². The van der Waals surface area contributed by atoms with Gasteiger partial charge in [0.05, 0.1) is 0 Å². The molecule has 142 valence electrons. The maximum atomic E-state index is 12.2. The fourth-order valence-electron chi connectivity index (χ4n) is 5.38. The summed E-state index contributed by atoms with van der Waals surface area (Å²) in [6, 6.07) is 7.61. The largest absolute Gasteiger partial charge is 0.487 e. The van der Waals surface area contributed by atoms with E-state index in [1.165, 1.54) is 32.1 Å². The van der Waals surface area contributed by atoms with E-state index in [1.807, 2.05) is 31.2 Å². The van der Waals surface area contributed by atoms with Crippen LogP contribution in [-0.4, -0.2) is 19.4 Å². The van der Waals surface area contributed by atoms with E-state index in [4.69, 9.17) is 9.47 Å². The lowest BCUT2D eigenvalue weighted by molar-refractivity contribution is -0.145. The molecule has 0 aromatic heterocycles. The molecule has 5 heteroatoms. The number of carbonyl (C=O) groups is 1. The zero-order chi connectivity index (χ0) is 18.5. The number of hydrogen-bond acceptors (Lipinski definition) is 3. The summed E-state index contributed by atoms with van der Waals surface area (Å²) in [6.45, 7) is 4.23. The van der Waals surface area contributed by atoms with E-state index in [0.717, 1.165) is 17.6 Å². The molecule has 1 unspecified atom stereocenters. The van der Waals surface area contributed by atoms with Crippen molar-refractivity contribution in [2.24, 2.45) is 23.7 Å². The van der Waals surface area contributed by atoms with Gasteiger partial charge in [0.15, 0.2) is 0 Å². The molecule has 0 radical (unpaired) electrons. The van der Waals surface area contributed by atoms with Crippen LogP contribution in [0, 0.1) is 23.7 Å². The lowest BCUT2D eigenvalue weighted by Crippen LogP contribution is -2.59. The molecule has 0 amide bonds. The Balaban J connectivity index is 1.44. The van der Waals surface area contributed by atoms with Crippen molar-refractivity contribution < 1.29 is 14.3 Å². The fourth-order valence-corrected chi connectivity index (χ4v) is 5.81. The van der Waals surface area contributed by atoms with Crippen molar-refractivity contribution in [3.05, 3.63) is 24.3 Å². The van der Waals surface area contributed by atoms with E-state index < -0.39 is 3.42 Å². The third kappa shape index (κ3) is 3.51. The van der Waals surface area contributed by atoms with Crippen molar-refractivity contribution in [1.82, 2.24) is 0 Å². The molecular weight excluding hydrogens is 554 g/mol. The minimum Gasteiger partial charge on any atom is -0.487 e. The first kappa shape index (κ1) is 19.3. The maximum Gasteiger partial charge on any atom is 0.327 e. The summed E-state index contributed by atoms with van der Waals surface area (Å²) in [6.07, 6.45) is 6.80. The number of esters is 1. The van der Waals surface area contributed by atoms with Crippen molar-refractivity contribution in [2.75, 3.05) is 4.43 Å². The molecule has 1 atom stereocenters. The minimum absolute atomic E-state index is 0.0341. The van der Waals surface area contributed by atoms with Gasteiger partial charge in [0.25, 0.3) is 0 Å². The molecule has 4 saturated carbocycles. The predicted molar refractivity (Wildman–Crippen MR) is 119 cm³/mol. The number of benzene rings is 1. The Kier molecular flexibility index (Phi) is 5.25. The number of halogens is 2. The minimum atomic E-state index is -0.499. The van der Waals surface area contributed by atoms with Gasteiger partial charge in [0.1, 0.15) is 20.5 Å². The van der Waals surface area contributed by atoms with Gasteiger partial charge in [-0.2, -0.15) is 0 Å². The number of hydrogen-bond donors (Lipinski definition) is 0. The van der Waals surface area contributed by atoms with E-state index >= 15 is 0 Å². The standard InChI is InChI=1S/C21H26I2O3/c1-20(23,12-22)19(24)25-17-3-5-18(6-4-17)26-21(2)15-8-13-7-14(10-15)11-16(21)9-13/h3-6,13-16H,7-12H2,1-2H3. The van der Waals surface area contributed by atoms with Crippen molar-refractivity contribution in [2.45, 2.75) is 55.0 Å². The third-order valence-electron chi connectivity index (χ3n) is 6.81. The van der Waals surface area contributed by atoms with Crippen LogP contribution in [-0.2, 0) is 4.79 Å². The van der Waals surface area contributed by atoms with Crippen LogP contribution in [0.15, 0.2) is 24.3 Å². The molecule has 0 heterocycles. The lowest BCUT2D eigenvalue weighted by Gasteiger charge is -2.59. The highest BCUT2D eigenvalue weighted by atomic mass is 127. The molecule has 4 bridgehead atoms. The number of rotatable bonds is 5. The maximum absolute atomic E-state index is 12.2. The van der Waals surface area contributed by atoms with Gasteiger partial charge in [-0.05, 0) is 93.9 Å². The number of carbonyl (C=O) groups excluding carboxylic acids is 1. The van der Waals surface area contributed by atoms with Crippen LogP contribution in [0.25, 0.3) is 0 Å². The zero-order valence-corrected chi connectivity index (χ0v) is 19.7. The highest BCUT2D eigenvalue weighted by Gasteiger charge is 2.56. The highest BCUT2D eigenvalue weighted by Crippen LogP contribution is 2.59. The number of alkyl halides is 2. The molecule has 0 aliphatic heterocycles. The van der Waals surface area contributed by atoms with Gasteiger partial charge in [-0.1, -0.05) is 45.2 Å². The van der Waals surface area contributed by atoms with Crippen LogP contribution in [0.2, 0.25) is 0 Å². The molecular formula is C21H26I2O3. The average molecular weight is 580 g/mol. The summed E-state index contributed by atoms with van der Waals surface area (Å²) in [7, 11) is 0. The van der Waals surface area contributed by atoms with Crippen LogP contribution in [0.4, 0.5) is 0 Å². The number of ether oxygens (including phenoxy) is 2. The first-order chi connectivity index (χ1) is 12.3. The quantitative estimate of drug-likeness (QED) is 0.191. The van der Waals surface area contributed by atoms with Gasteiger partial charge < -0.3 is 9.47 Å². The van der Waals surface area contributed by atoms with Gasteiger partial charge in [-0.3, -0.25) is 4.79 Å². The van der Waals surface area contributed by atoms with Crippen LogP contribution in [0.1, 0.15) is 46.0 Å². The lowest BCUT2D eigenvalue weighted by atomic mass is 9.50. The first-order valence-electron chi connectivity index (χ1n) is 9.56. The van der Waals surface area contributed by atoms with Crippen LogP contribution in [0.5, 0.6) is 11.5 Å². The van der Waals surface area contributed by atoms with E-state index in [1.54, 1.807) is 0 Å². The first-order valence-corrected chi connectivity index (χ1v) is 12.2. The Morgan fingerprint density at radius 1 is 1.08 bits per heavy atom. The Hall–Kier alpha value is -0.0500. The Bertz CT molecular complexity index is 655. The van der Waals surface area contributed by atoms with E-state index in [9.17, 15) is 4.79 Å². The van der Waals surface area contributed by atoms with Gasteiger partial charge in [0, 0.05) is 4.43 Å². The van der Waals surface area contributed by atoms with Gasteiger partial charge >= 0.3 is 5.97 Å². The molecule has 1 aromatic carbocycles. The van der Waals surface area contributed by atoms with E-state index in [-0.39, 0.29) is 11.6 Å². The summed E-state index contributed by atoms with van der Waals surface area (Å²) in [5.41, 5.74) is -0.0341. The second kappa shape index (κ2) is 7.08. The zero-order valence-electron chi connectivity index (χ0n) is 15.3. The van der Waals surface area contributed by atoms with E-state index in [2.05, 4.69) is 52.1 Å². The molecule has 4 aliphatic carbocycles. The summed E-state index contributed by atoms with van der Waals surface area (Å²) in [4.78, 5) is 12.2. The summed E-state index contributed by atoms with van der Waals surface area (Å²) in [5.74, 6) is 4.55. The summed E-state index contributed by atoms with van der Waals surface area (Å²) in [5, 5.41) is 0. The van der Waals surface area contributed by atoms with Crippen LogP contribution >= 0.6 is 45.2 Å². The molecule has 4 aliphatic rings. The molecule has 4 fully saturated rings. The Morgan fingerprint density at radius 3 is 2.08 bits per heavy atom. The van der Waals surface area contributed by atoms with Crippen molar-refractivity contribution >= 4 is 51.2 Å². The molecule has 0 saturated heterocycles. The predicted octanol–water partition coefficient (Wildman–Crippen LogP) is 5.81. The van der Waals surface area contributed by atoms with Gasteiger partial charge in [-0.25, -0.2) is 0 Å². The van der Waals surface area contributed by atoms with Gasteiger partial charge in [0.2, 0.25) is 0 Å². The Morgan fingerprint density at radius 2 is 1.58 bits per heavy atom. The molecule has 26 heavy (non-hydrogen) atoms. The average Bonchev–Trinajstić information content (AvgIpc) is 2.61. The Labute approximate surface area is 183 Å². The second-order valence-electron chi connectivity index (χ2n) is 8.78. The smallest absolute Gasteiger partial charge is 0.327 e. The second-order valence-corrected chi connectivity index (χ2v) is 11.9. The van der Waals surface area contributed by atoms with Gasteiger partial charge in [-0.15, -0.1) is 0 Å². The molecule has 0 spiro atoms. The van der Waals surface area contributed by atoms with Crippen LogP contribution in [0.3, 0.4) is 0 Å². The monoisotopic (exact) mass is 580 g/mol. The third-order valence-corrected chi connectivity index (χ3v) is 10.6.